The Morgan fingerprint density at radius 1 is 1.33 bits per heavy atom. The summed E-state index contributed by atoms with van der Waals surface area (Å²) >= 11 is 6.06. The van der Waals surface area contributed by atoms with Crippen molar-refractivity contribution >= 4 is 29.5 Å². The number of aldehydes is 1. The second-order valence-electron chi connectivity index (χ2n) is 3.70. The first-order chi connectivity index (χ1) is 8.60. The van der Waals surface area contributed by atoms with Crippen molar-refractivity contribution in [3.8, 4) is 11.3 Å². The first-order valence-corrected chi connectivity index (χ1v) is 5.60. The number of rotatable bonds is 3. The summed E-state index contributed by atoms with van der Waals surface area (Å²) in [5.41, 5.74) is 1.24. The van der Waals surface area contributed by atoms with Gasteiger partial charge in [-0.25, -0.2) is 0 Å². The zero-order valence-electron chi connectivity index (χ0n) is 9.57. The number of carbonyl (C=O) groups is 2. The second kappa shape index (κ2) is 5.06. The zero-order valence-corrected chi connectivity index (χ0v) is 10.3. The fraction of sp³-hybridized carbons (Fsp3) is 0.0769. The number of carbonyl (C=O) groups excluding carboxylic acids is 2. The molecule has 0 atom stereocenters. The van der Waals surface area contributed by atoms with Crippen molar-refractivity contribution in [2.24, 2.45) is 0 Å². The van der Waals surface area contributed by atoms with Crippen LogP contribution in [0.2, 0.25) is 5.02 Å². The van der Waals surface area contributed by atoms with Crippen LogP contribution in [0.25, 0.3) is 11.3 Å². The van der Waals surface area contributed by atoms with Gasteiger partial charge in [-0.05, 0) is 30.3 Å². The van der Waals surface area contributed by atoms with Crippen molar-refractivity contribution in [3.05, 3.63) is 41.1 Å². The molecular weight excluding hydrogens is 254 g/mol. The van der Waals surface area contributed by atoms with E-state index in [4.69, 9.17) is 16.0 Å². The summed E-state index contributed by atoms with van der Waals surface area (Å²) in [4.78, 5) is 21.5. The summed E-state index contributed by atoms with van der Waals surface area (Å²) in [6.07, 6.45) is 0.620. The van der Waals surface area contributed by atoms with Crippen LogP contribution in [-0.2, 0) is 4.79 Å². The fourth-order valence-electron chi connectivity index (χ4n) is 1.56. The number of hydrogen-bond donors (Lipinski definition) is 1. The van der Waals surface area contributed by atoms with E-state index in [9.17, 15) is 9.59 Å². The number of nitrogens with one attached hydrogen (secondary N) is 1. The maximum Gasteiger partial charge on any atom is 0.221 e. The number of benzene rings is 1. The lowest BCUT2D eigenvalue weighted by molar-refractivity contribution is -0.114. The van der Waals surface area contributed by atoms with Gasteiger partial charge in [0.15, 0.2) is 12.0 Å². The normalized spacial score (nSPS) is 10.1. The highest BCUT2D eigenvalue weighted by Gasteiger charge is 2.10. The summed E-state index contributed by atoms with van der Waals surface area (Å²) in [5, 5.41) is 3.14. The standard InChI is InChI=1S/C13H10ClNO3/c1-8(17)15-9-2-4-12(14)11(6-9)13-5-3-10(7-16)18-13/h2-7H,1H3,(H,15,17). The summed E-state index contributed by atoms with van der Waals surface area (Å²) < 4.78 is 5.29. The Labute approximate surface area is 109 Å². The molecule has 0 bridgehead atoms. The molecule has 0 aliphatic heterocycles. The Morgan fingerprint density at radius 3 is 2.72 bits per heavy atom. The van der Waals surface area contributed by atoms with Crippen molar-refractivity contribution in [2.75, 3.05) is 5.32 Å². The van der Waals surface area contributed by atoms with Crippen molar-refractivity contribution in [1.29, 1.82) is 0 Å². The lowest BCUT2D eigenvalue weighted by Gasteiger charge is -2.06. The van der Waals surface area contributed by atoms with Crippen LogP contribution in [0.4, 0.5) is 5.69 Å². The molecule has 0 aliphatic rings. The minimum atomic E-state index is -0.170. The summed E-state index contributed by atoms with van der Waals surface area (Å²) in [7, 11) is 0. The Bertz CT molecular complexity index is 604. The van der Waals surface area contributed by atoms with Gasteiger partial charge < -0.3 is 9.73 Å². The molecule has 0 saturated carbocycles. The molecule has 0 radical (unpaired) electrons. The van der Waals surface area contributed by atoms with Gasteiger partial charge in [-0.15, -0.1) is 0 Å². The third-order valence-corrected chi connectivity index (χ3v) is 2.62. The molecule has 1 N–H and O–H groups in total. The third-order valence-electron chi connectivity index (χ3n) is 2.30. The van der Waals surface area contributed by atoms with Crippen LogP contribution in [0.5, 0.6) is 0 Å². The number of hydrogen-bond acceptors (Lipinski definition) is 3. The molecule has 0 fully saturated rings. The molecule has 1 amide bonds. The summed E-state index contributed by atoms with van der Waals surface area (Å²) in [5.74, 6) is 0.539. The first kappa shape index (κ1) is 12.4. The maximum absolute atomic E-state index is 11.0. The molecule has 2 rings (SSSR count). The van der Waals surface area contributed by atoms with E-state index in [0.29, 0.717) is 28.3 Å². The quantitative estimate of drug-likeness (QED) is 0.864. The smallest absolute Gasteiger partial charge is 0.221 e. The number of anilines is 1. The third kappa shape index (κ3) is 2.60. The molecule has 18 heavy (non-hydrogen) atoms. The average Bonchev–Trinajstić information content (AvgIpc) is 2.79. The van der Waals surface area contributed by atoms with Gasteiger partial charge in [-0.2, -0.15) is 0 Å². The molecule has 0 aliphatic carbocycles. The Hall–Kier alpha value is -2.07. The van der Waals surface area contributed by atoms with Crippen LogP contribution < -0.4 is 5.32 Å². The van der Waals surface area contributed by atoms with Crippen LogP contribution in [0.3, 0.4) is 0 Å². The van der Waals surface area contributed by atoms with E-state index in [1.807, 2.05) is 0 Å². The van der Waals surface area contributed by atoms with E-state index < -0.39 is 0 Å². The predicted octanol–water partition coefficient (Wildman–Crippen LogP) is 3.37. The van der Waals surface area contributed by atoms with Gasteiger partial charge in [0, 0.05) is 18.2 Å². The fourth-order valence-corrected chi connectivity index (χ4v) is 1.77. The molecule has 1 heterocycles. The Balaban J connectivity index is 2.42. The Morgan fingerprint density at radius 2 is 2.11 bits per heavy atom. The molecule has 0 saturated heterocycles. The van der Waals surface area contributed by atoms with Crippen LogP contribution >= 0.6 is 11.6 Å². The van der Waals surface area contributed by atoms with Gasteiger partial charge in [0.25, 0.3) is 0 Å². The van der Waals surface area contributed by atoms with Crippen LogP contribution in [0.1, 0.15) is 17.5 Å². The highest BCUT2D eigenvalue weighted by atomic mass is 35.5. The number of halogens is 1. The van der Waals surface area contributed by atoms with Crippen molar-refractivity contribution in [2.45, 2.75) is 6.92 Å². The molecular formula is C13H10ClNO3. The van der Waals surface area contributed by atoms with Crippen LogP contribution in [0.15, 0.2) is 34.7 Å². The van der Waals surface area contributed by atoms with Gasteiger partial charge in [-0.3, -0.25) is 9.59 Å². The van der Waals surface area contributed by atoms with Crippen LogP contribution in [-0.4, -0.2) is 12.2 Å². The van der Waals surface area contributed by atoms with Crippen LogP contribution in [0, 0.1) is 0 Å². The lowest BCUT2D eigenvalue weighted by Crippen LogP contribution is -2.05. The van der Waals surface area contributed by atoms with E-state index in [1.165, 1.54) is 6.92 Å². The van der Waals surface area contributed by atoms with Gasteiger partial charge >= 0.3 is 0 Å². The predicted molar refractivity (Wildman–Crippen MR) is 68.8 cm³/mol. The monoisotopic (exact) mass is 263 g/mol. The highest BCUT2D eigenvalue weighted by molar-refractivity contribution is 6.33. The lowest BCUT2D eigenvalue weighted by atomic mass is 10.1. The molecule has 0 unspecified atom stereocenters. The molecule has 4 nitrogen and oxygen atoms in total. The molecule has 1 aromatic carbocycles. The zero-order chi connectivity index (χ0) is 13.1. The second-order valence-corrected chi connectivity index (χ2v) is 4.10. The molecule has 5 heteroatoms. The van der Waals surface area contributed by atoms with Gasteiger partial charge in [0.2, 0.25) is 5.91 Å². The van der Waals surface area contributed by atoms with E-state index in [2.05, 4.69) is 5.32 Å². The topological polar surface area (TPSA) is 59.3 Å². The van der Waals surface area contributed by atoms with E-state index >= 15 is 0 Å². The molecule has 92 valence electrons. The largest absolute Gasteiger partial charge is 0.453 e. The summed E-state index contributed by atoms with van der Waals surface area (Å²) in [6.45, 7) is 1.42. The van der Waals surface area contributed by atoms with Crippen molar-refractivity contribution in [1.82, 2.24) is 0 Å². The van der Waals surface area contributed by atoms with Gasteiger partial charge in [0.05, 0.1) is 5.02 Å². The Kier molecular flexibility index (Phi) is 3.48. The maximum atomic E-state index is 11.0. The number of amides is 1. The van der Waals surface area contributed by atoms with Crippen molar-refractivity contribution < 1.29 is 14.0 Å². The van der Waals surface area contributed by atoms with Crippen molar-refractivity contribution in [3.63, 3.8) is 0 Å². The highest BCUT2D eigenvalue weighted by Crippen LogP contribution is 2.31. The van der Waals surface area contributed by atoms with Gasteiger partial charge in [-0.1, -0.05) is 11.6 Å². The average molecular weight is 264 g/mol. The van der Waals surface area contributed by atoms with E-state index in [1.54, 1.807) is 30.3 Å². The molecule has 0 spiro atoms. The summed E-state index contributed by atoms with van der Waals surface area (Å²) in [6, 6.07) is 8.26. The van der Waals surface area contributed by atoms with E-state index in [0.717, 1.165) is 0 Å². The van der Waals surface area contributed by atoms with Gasteiger partial charge in [0.1, 0.15) is 5.76 Å². The molecule has 2 aromatic rings. The minimum absolute atomic E-state index is 0.170. The SMILES string of the molecule is CC(=O)Nc1ccc(Cl)c(-c2ccc(C=O)o2)c1. The van der Waals surface area contributed by atoms with E-state index in [-0.39, 0.29) is 11.7 Å². The minimum Gasteiger partial charge on any atom is -0.453 e. The number of furan rings is 1. The first-order valence-electron chi connectivity index (χ1n) is 5.22. The molecule has 1 aromatic heterocycles.